The van der Waals surface area contributed by atoms with E-state index in [9.17, 15) is 19.2 Å². The SMILES string of the molecule is CC(=O)N1CCC[C@H]1C(=O)Nc1ccc(C=Cc2ccc(NC(=O)[C@@H]3CCCN3C(=O)Cc3ccccn3)cc2)cc1. The maximum absolute atomic E-state index is 13.0. The number of amides is 4. The fourth-order valence-electron chi connectivity index (χ4n) is 5.51. The van der Waals surface area contributed by atoms with Crippen molar-refractivity contribution < 1.29 is 19.2 Å². The Labute approximate surface area is 245 Å². The van der Waals surface area contributed by atoms with E-state index in [1.165, 1.54) is 6.92 Å². The highest BCUT2D eigenvalue weighted by Crippen LogP contribution is 2.22. The van der Waals surface area contributed by atoms with Crippen LogP contribution in [0.4, 0.5) is 11.4 Å². The van der Waals surface area contributed by atoms with Crippen LogP contribution in [0.25, 0.3) is 12.2 Å². The minimum Gasteiger partial charge on any atom is -0.331 e. The van der Waals surface area contributed by atoms with E-state index in [0.29, 0.717) is 43.0 Å². The molecule has 2 N–H and O–H groups in total. The minimum absolute atomic E-state index is 0.0759. The highest BCUT2D eigenvalue weighted by Gasteiger charge is 2.34. The molecule has 9 nitrogen and oxygen atoms in total. The van der Waals surface area contributed by atoms with Crippen LogP contribution in [0.5, 0.6) is 0 Å². The predicted octanol–water partition coefficient (Wildman–Crippen LogP) is 4.37. The van der Waals surface area contributed by atoms with Gasteiger partial charge < -0.3 is 20.4 Å². The molecule has 0 unspecified atom stereocenters. The first-order valence-electron chi connectivity index (χ1n) is 14.3. The van der Waals surface area contributed by atoms with Crippen LogP contribution in [0, 0.1) is 0 Å². The van der Waals surface area contributed by atoms with Crippen LogP contribution in [-0.4, -0.2) is 63.6 Å². The summed E-state index contributed by atoms with van der Waals surface area (Å²) >= 11 is 0. The minimum atomic E-state index is -0.486. The molecule has 4 amide bonds. The van der Waals surface area contributed by atoms with Gasteiger partial charge in [-0.3, -0.25) is 24.2 Å². The van der Waals surface area contributed by atoms with Gasteiger partial charge in [0.15, 0.2) is 0 Å². The standard InChI is InChI=1S/C33H35N5O4/c1-23(39)37-20-4-7-29(37)32(41)35-26-15-11-24(12-16-26)9-10-25-13-17-27(18-14-25)36-33(42)30-8-5-21-38(30)31(40)22-28-6-2-3-19-34-28/h2-3,6,9-19,29-30H,4-5,7-8,20-22H2,1H3,(H,35,41)(H,36,42)/t29-,30-/m0/s1. The maximum Gasteiger partial charge on any atom is 0.247 e. The summed E-state index contributed by atoms with van der Waals surface area (Å²) in [6.45, 7) is 2.69. The van der Waals surface area contributed by atoms with Crippen LogP contribution < -0.4 is 10.6 Å². The van der Waals surface area contributed by atoms with Crippen molar-refractivity contribution in [2.24, 2.45) is 0 Å². The number of pyridine rings is 1. The molecule has 2 aliphatic rings. The van der Waals surface area contributed by atoms with E-state index in [1.807, 2.05) is 78.9 Å². The molecule has 2 aliphatic heterocycles. The molecule has 2 saturated heterocycles. The summed E-state index contributed by atoms with van der Waals surface area (Å²) < 4.78 is 0. The van der Waals surface area contributed by atoms with Crippen molar-refractivity contribution >= 4 is 47.2 Å². The molecule has 2 atom stereocenters. The van der Waals surface area contributed by atoms with E-state index >= 15 is 0 Å². The summed E-state index contributed by atoms with van der Waals surface area (Å²) in [5.41, 5.74) is 3.98. The molecule has 216 valence electrons. The first-order chi connectivity index (χ1) is 20.4. The zero-order valence-corrected chi connectivity index (χ0v) is 23.7. The van der Waals surface area contributed by atoms with Crippen LogP contribution in [-0.2, 0) is 25.6 Å². The highest BCUT2D eigenvalue weighted by molar-refractivity contribution is 5.98. The first kappa shape index (κ1) is 28.7. The lowest BCUT2D eigenvalue weighted by Gasteiger charge is -2.24. The Kier molecular flexibility index (Phi) is 9.06. The Morgan fingerprint density at radius 3 is 1.79 bits per heavy atom. The summed E-state index contributed by atoms with van der Waals surface area (Å²) in [6.07, 6.45) is 8.74. The topological polar surface area (TPSA) is 112 Å². The number of rotatable bonds is 8. The van der Waals surface area contributed by atoms with Gasteiger partial charge >= 0.3 is 0 Å². The third kappa shape index (κ3) is 7.09. The van der Waals surface area contributed by atoms with Gasteiger partial charge in [0.1, 0.15) is 12.1 Å². The zero-order valence-electron chi connectivity index (χ0n) is 23.7. The molecule has 0 spiro atoms. The zero-order chi connectivity index (χ0) is 29.5. The summed E-state index contributed by atoms with van der Waals surface area (Å²) in [5, 5.41) is 5.87. The Bertz CT molecular complexity index is 1450. The van der Waals surface area contributed by atoms with Crippen LogP contribution >= 0.6 is 0 Å². The summed E-state index contributed by atoms with van der Waals surface area (Å²) in [5.74, 6) is -0.502. The molecule has 0 bridgehead atoms. The number of likely N-dealkylation sites (tertiary alicyclic amines) is 2. The van der Waals surface area contributed by atoms with Crippen LogP contribution in [0.1, 0.15) is 49.4 Å². The monoisotopic (exact) mass is 565 g/mol. The number of carbonyl (C=O) groups excluding carboxylic acids is 4. The number of hydrogen-bond donors (Lipinski definition) is 2. The Morgan fingerprint density at radius 2 is 1.29 bits per heavy atom. The lowest BCUT2D eigenvalue weighted by atomic mass is 10.1. The second kappa shape index (κ2) is 13.2. The Morgan fingerprint density at radius 1 is 0.762 bits per heavy atom. The van der Waals surface area contributed by atoms with Crippen LogP contribution in [0.15, 0.2) is 72.9 Å². The number of hydrogen-bond acceptors (Lipinski definition) is 5. The quantitative estimate of drug-likeness (QED) is 0.394. The molecular formula is C33H35N5O4. The summed E-state index contributed by atoms with van der Waals surface area (Å²) in [4.78, 5) is 57.8. The number of nitrogens with zero attached hydrogens (tertiary/aromatic N) is 3. The normalized spacial score (nSPS) is 18.3. The number of nitrogens with one attached hydrogen (secondary N) is 2. The van der Waals surface area contributed by atoms with E-state index in [0.717, 1.165) is 24.0 Å². The van der Waals surface area contributed by atoms with E-state index in [2.05, 4.69) is 15.6 Å². The van der Waals surface area contributed by atoms with Crippen molar-refractivity contribution in [3.8, 4) is 0 Å². The number of aromatic nitrogens is 1. The van der Waals surface area contributed by atoms with Gasteiger partial charge in [0.05, 0.1) is 6.42 Å². The second-order valence-corrected chi connectivity index (χ2v) is 10.7. The molecule has 9 heteroatoms. The Hall–Kier alpha value is -4.79. The largest absolute Gasteiger partial charge is 0.331 e. The van der Waals surface area contributed by atoms with Gasteiger partial charge in [-0.05, 0) is 73.2 Å². The smallest absolute Gasteiger partial charge is 0.247 e. The number of carbonyl (C=O) groups is 4. The van der Waals surface area contributed by atoms with Crippen LogP contribution in [0.2, 0.25) is 0 Å². The molecule has 0 aliphatic carbocycles. The van der Waals surface area contributed by atoms with Crippen molar-refractivity contribution in [1.82, 2.24) is 14.8 Å². The molecule has 3 heterocycles. The van der Waals surface area contributed by atoms with Crippen molar-refractivity contribution in [2.75, 3.05) is 23.7 Å². The Balaban J connectivity index is 1.12. The average molecular weight is 566 g/mol. The van der Waals surface area contributed by atoms with Crippen LogP contribution in [0.3, 0.4) is 0 Å². The lowest BCUT2D eigenvalue weighted by Crippen LogP contribution is -2.43. The van der Waals surface area contributed by atoms with Crippen molar-refractivity contribution in [2.45, 2.75) is 51.1 Å². The van der Waals surface area contributed by atoms with Crippen molar-refractivity contribution in [3.05, 3.63) is 89.7 Å². The molecule has 0 saturated carbocycles. The molecule has 42 heavy (non-hydrogen) atoms. The second-order valence-electron chi connectivity index (χ2n) is 10.7. The molecular weight excluding hydrogens is 530 g/mol. The lowest BCUT2D eigenvalue weighted by molar-refractivity contribution is -0.136. The fraction of sp³-hybridized carbons (Fsp3) is 0.303. The number of benzene rings is 2. The number of anilines is 2. The van der Waals surface area contributed by atoms with Gasteiger partial charge in [-0.2, -0.15) is 0 Å². The van der Waals surface area contributed by atoms with Gasteiger partial charge in [0.2, 0.25) is 23.6 Å². The van der Waals surface area contributed by atoms with Gasteiger partial charge in [0, 0.05) is 43.3 Å². The maximum atomic E-state index is 13.0. The average Bonchev–Trinajstić information content (AvgIpc) is 3.69. The van der Waals surface area contributed by atoms with Gasteiger partial charge in [-0.25, -0.2) is 0 Å². The third-order valence-corrected chi connectivity index (χ3v) is 7.72. The highest BCUT2D eigenvalue weighted by atomic mass is 16.2. The molecule has 3 aromatic rings. The van der Waals surface area contributed by atoms with E-state index in [4.69, 9.17) is 0 Å². The molecule has 1 aromatic heterocycles. The van der Waals surface area contributed by atoms with E-state index < -0.39 is 12.1 Å². The first-order valence-corrected chi connectivity index (χ1v) is 14.3. The van der Waals surface area contributed by atoms with E-state index in [-0.39, 0.29) is 30.0 Å². The van der Waals surface area contributed by atoms with Crippen molar-refractivity contribution in [3.63, 3.8) is 0 Å². The van der Waals surface area contributed by atoms with Gasteiger partial charge in [0.25, 0.3) is 0 Å². The molecule has 2 fully saturated rings. The summed E-state index contributed by atoms with van der Waals surface area (Å²) in [7, 11) is 0. The van der Waals surface area contributed by atoms with Gasteiger partial charge in [-0.15, -0.1) is 0 Å². The predicted molar refractivity (Wildman–Crippen MR) is 162 cm³/mol. The van der Waals surface area contributed by atoms with Gasteiger partial charge in [-0.1, -0.05) is 42.5 Å². The third-order valence-electron chi connectivity index (χ3n) is 7.72. The fourth-order valence-corrected chi connectivity index (χ4v) is 5.51. The molecule has 0 radical (unpaired) electrons. The summed E-state index contributed by atoms with van der Waals surface area (Å²) in [6, 6.07) is 19.6. The molecule has 5 rings (SSSR count). The molecule has 2 aromatic carbocycles. The van der Waals surface area contributed by atoms with E-state index in [1.54, 1.807) is 16.0 Å². The van der Waals surface area contributed by atoms with Crippen molar-refractivity contribution in [1.29, 1.82) is 0 Å².